The van der Waals surface area contributed by atoms with E-state index in [2.05, 4.69) is 51.2 Å². The van der Waals surface area contributed by atoms with Crippen molar-refractivity contribution in [1.29, 1.82) is 0 Å². The maximum atomic E-state index is 3.49. The summed E-state index contributed by atoms with van der Waals surface area (Å²) in [5.74, 6) is 0. The highest BCUT2D eigenvalue weighted by atomic mass is 14.9. The molecule has 84 valence electrons. The van der Waals surface area contributed by atoms with E-state index in [0.717, 1.165) is 19.4 Å². The summed E-state index contributed by atoms with van der Waals surface area (Å²) in [5.41, 5.74) is 4.38. The van der Waals surface area contributed by atoms with Crippen LogP contribution in [0.1, 0.15) is 50.4 Å². The molecular formula is C14H23N. The second-order valence-electron chi connectivity index (χ2n) is 4.02. The highest BCUT2D eigenvalue weighted by molar-refractivity contribution is 5.34. The smallest absolute Gasteiger partial charge is 0.0294 e. The average molecular weight is 205 g/mol. The molecule has 0 bridgehead atoms. The van der Waals surface area contributed by atoms with Gasteiger partial charge in [-0.2, -0.15) is 0 Å². The van der Waals surface area contributed by atoms with E-state index in [-0.39, 0.29) is 0 Å². The molecule has 1 aromatic carbocycles. The summed E-state index contributed by atoms with van der Waals surface area (Å²) in [6.07, 6.45) is 2.24. The number of hydrogen-bond acceptors (Lipinski definition) is 1. The van der Waals surface area contributed by atoms with Gasteiger partial charge in [-0.15, -0.1) is 0 Å². The highest BCUT2D eigenvalue weighted by Gasteiger charge is 2.08. The van der Waals surface area contributed by atoms with Gasteiger partial charge in [0.15, 0.2) is 0 Å². The van der Waals surface area contributed by atoms with Crippen molar-refractivity contribution < 1.29 is 0 Å². The van der Waals surface area contributed by atoms with Gasteiger partial charge in [0.1, 0.15) is 0 Å². The maximum Gasteiger partial charge on any atom is 0.0294 e. The molecule has 1 rings (SSSR count). The van der Waals surface area contributed by atoms with E-state index in [4.69, 9.17) is 0 Å². The van der Waals surface area contributed by atoms with E-state index in [1.54, 1.807) is 0 Å². The summed E-state index contributed by atoms with van der Waals surface area (Å²) < 4.78 is 0. The summed E-state index contributed by atoms with van der Waals surface area (Å²) in [6.45, 7) is 9.87. The molecule has 0 radical (unpaired) electrons. The standard InChI is InChI=1S/C14H23N/c1-5-12-8-9-13(6-2)14(10-12)11(4)15-7-3/h8-11,15H,5-7H2,1-4H3. The molecule has 1 atom stereocenters. The van der Waals surface area contributed by atoms with Gasteiger partial charge in [0.05, 0.1) is 0 Å². The third-order valence-corrected chi connectivity index (χ3v) is 2.98. The molecule has 1 nitrogen and oxygen atoms in total. The molecule has 0 saturated heterocycles. The summed E-state index contributed by atoms with van der Waals surface area (Å²) in [4.78, 5) is 0. The molecule has 15 heavy (non-hydrogen) atoms. The minimum Gasteiger partial charge on any atom is -0.310 e. The van der Waals surface area contributed by atoms with Crippen molar-refractivity contribution in [3.63, 3.8) is 0 Å². The van der Waals surface area contributed by atoms with E-state index in [0.29, 0.717) is 6.04 Å². The summed E-state index contributed by atoms with van der Waals surface area (Å²) in [6, 6.07) is 7.35. The summed E-state index contributed by atoms with van der Waals surface area (Å²) >= 11 is 0. The van der Waals surface area contributed by atoms with E-state index in [9.17, 15) is 0 Å². The molecule has 0 aromatic heterocycles. The minimum atomic E-state index is 0.469. The zero-order valence-electron chi connectivity index (χ0n) is 10.4. The molecular weight excluding hydrogens is 182 g/mol. The van der Waals surface area contributed by atoms with Crippen molar-refractivity contribution in [2.75, 3.05) is 6.54 Å². The molecule has 0 spiro atoms. The first-order valence-corrected chi connectivity index (χ1v) is 6.07. The first-order chi connectivity index (χ1) is 7.22. The SMILES string of the molecule is CCNC(C)c1cc(CC)ccc1CC. The van der Waals surface area contributed by atoms with Gasteiger partial charge in [0.2, 0.25) is 0 Å². The third kappa shape index (κ3) is 3.07. The van der Waals surface area contributed by atoms with Crippen LogP contribution in [0.2, 0.25) is 0 Å². The molecule has 0 amide bonds. The first-order valence-electron chi connectivity index (χ1n) is 6.07. The summed E-state index contributed by atoms with van der Waals surface area (Å²) in [5, 5.41) is 3.49. The average Bonchev–Trinajstić information content (AvgIpc) is 2.28. The largest absolute Gasteiger partial charge is 0.310 e. The number of rotatable bonds is 5. The second-order valence-corrected chi connectivity index (χ2v) is 4.02. The Morgan fingerprint density at radius 2 is 1.87 bits per heavy atom. The van der Waals surface area contributed by atoms with Crippen molar-refractivity contribution in [3.8, 4) is 0 Å². The van der Waals surface area contributed by atoms with E-state index >= 15 is 0 Å². The van der Waals surface area contributed by atoms with Gasteiger partial charge in [-0.1, -0.05) is 39.0 Å². The quantitative estimate of drug-likeness (QED) is 0.776. The molecule has 1 unspecified atom stereocenters. The van der Waals surface area contributed by atoms with Gasteiger partial charge in [-0.05, 0) is 43.0 Å². The lowest BCUT2D eigenvalue weighted by atomic mass is 9.96. The third-order valence-electron chi connectivity index (χ3n) is 2.98. The fourth-order valence-corrected chi connectivity index (χ4v) is 2.01. The molecule has 0 aliphatic rings. The van der Waals surface area contributed by atoms with Crippen LogP contribution in [0.25, 0.3) is 0 Å². The van der Waals surface area contributed by atoms with Gasteiger partial charge in [0, 0.05) is 6.04 Å². The molecule has 0 aliphatic heterocycles. The van der Waals surface area contributed by atoms with Crippen molar-refractivity contribution in [3.05, 3.63) is 34.9 Å². The van der Waals surface area contributed by atoms with Crippen LogP contribution >= 0.6 is 0 Å². The van der Waals surface area contributed by atoms with Gasteiger partial charge in [-0.3, -0.25) is 0 Å². The van der Waals surface area contributed by atoms with Gasteiger partial charge in [0.25, 0.3) is 0 Å². The Hall–Kier alpha value is -0.820. The lowest BCUT2D eigenvalue weighted by Crippen LogP contribution is -2.19. The van der Waals surface area contributed by atoms with Crippen LogP contribution in [0.15, 0.2) is 18.2 Å². The molecule has 1 N–H and O–H groups in total. The van der Waals surface area contributed by atoms with Crippen molar-refractivity contribution >= 4 is 0 Å². The van der Waals surface area contributed by atoms with Crippen LogP contribution in [-0.4, -0.2) is 6.54 Å². The molecule has 0 saturated carbocycles. The number of aryl methyl sites for hydroxylation is 2. The molecule has 1 aromatic rings. The fraction of sp³-hybridized carbons (Fsp3) is 0.571. The Morgan fingerprint density at radius 3 is 2.40 bits per heavy atom. The zero-order chi connectivity index (χ0) is 11.3. The van der Waals surface area contributed by atoms with Crippen LogP contribution in [-0.2, 0) is 12.8 Å². The van der Waals surface area contributed by atoms with Crippen LogP contribution in [0, 0.1) is 0 Å². The Morgan fingerprint density at radius 1 is 1.13 bits per heavy atom. The van der Waals surface area contributed by atoms with E-state index < -0.39 is 0 Å². The van der Waals surface area contributed by atoms with Crippen molar-refractivity contribution in [2.24, 2.45) is 0 Å². The fourth-order valence-electron chi connectivity index (χ4n) is 2.01. The minimum absolute atomic E-state index is 0.469. The topological polar surface area (TPSA) is 12.0 Å². The molecule has 0 aliphatic carbocycles. The second kappa shape index (κ2) is 5.92. The van der Waals surface area contributed by atoms with Gasteiger partial charge >= 0.3 is 0 Å². The zero-order valence-corrected chi connectivity index (χ0v) is 10.4. The van der Waals surface area contributed by atoms with Crippen LogP contribution < -0.4 is 5.32 Å². The Labute approximate surface area is 93.9 Å². The van der Waals surface area contributed by atoms with Crippen LogP contribution in [0.3, 0.4) is 0 Å². The number of nitrogens with one attached hydrogen (secondary N) is 1. The summed E-state index contributed by atoms with van der Waals surface area (Å²) in [7, 11) is 0. The van der Waals surface area contributed by atoms with Crippen LogP contribution in [0.5, 0.6) is 0 Å². The van der Waals surface area contributed by atoms with Gasteiger partial charge in [-0.25, -0.2) is 0 Å². The highest BCUT2D eigenvalue weighted by Crippen LogP contribution is 2.20. The van der Waals surface area contributed by atoms with Crippen molar-refractivity contribution in [1.82, 2.24) is 5.32 Å². The van der Waals surface area contributed by atoms with Crippen LogP contribution in [0.4, 0.5) is 0 Å². The normalized spacial score (nSPS) is 12.8. The molecule has 0 fully saturated rings. The lowest BCUT2D eigenvalue weighted by Gasteiger charge is -2.17. The maximum absolute atomic E-state index is 3.49. The number of hydrogen-bond donors (Lipinski definition) is 1. The first kappa shape index (κ1) is 12.3. The monoisotopic (exact) mass is 205 g/mol. The molecule has 1 heteroatoms. The van der Waals surface area contributed by atoms with E-state index in [1.807, 2.05) is 0 Å². The molecule has 0 heterocycles. The van der Waals surface area contributed by atoms with Crippen molar-refractivity contribution in [2.45, 2.75) is 46.6 Å². The predicted octanol–water partition coefficient (Wildman–Crippen LogP) is 3.48. The lowest BCUT2D eigenvalue weighted by molar-refractivity contribution is 0.592. The Bertz CT molecular complexity index is 304. The van der Waals surface area contributed by atoms with Gasteiger partial charge < -0.3 is 5.32 Å². The predicted molar refractivity (Wildman–Crippen MR) is 67.3 cm³/mol. The number of benzene rings is 1. The Kier molecular flexibility index (Phi) is 4.83. The Balaban J connectivity index is 3.00. The van der Waals surface area contributed by atoms with E-state index in [1.165, 1.54) is 16.7 Å².